The average Bonchev–Trinajstić information content (AvgIpc) is 2.95. The van der Waals surface area contributed by atoms with E-state index < -0.39 is 16.0 Å². The van der Waals surface area contributed by atoms with Crippen LogP contribution in [0.15, 0.2) is 39.8 Å². The highest BCUT2D eigenvalue weighted by Gasteiger charge is 2.21. The maximum absolute atomic E-state index is 12.5. The van der Waals surface area contributed by atoms with Crippen molar-refractivity contribution >= 4 is 37.6 Å². The van der Waals surface area contributed by atoms with Gasteiger partial charge in [-0.25, -0.2) is 13.2 Å². The Kier molecular flexibility index (Phi) is 5.32. The fourth-order valence-electron chi connectivity index (χ4n) is 1.85. The van der Waals surface area contributed by atoms with Gasteiger partial charge in [-0.05, 0) is 31.2 Å². The fraction of sp³-hybridized carbons (Fsp3) is 0.214. The van der Waals surface area contributed by atoms with Gasteiger partial charge in [0, 0.05) is 10.7 Å². The van der Waals surface area contributed by atoms with Gasteiger partial charge in [0.05, 0.1) is 19.4 Å². The van der Waals surface area contributed by atoms with Crippen molar-refractivity contribution in [1.82, 2.24) is 4.98 Å². The molecule has 0 atom stereocenters. The van der Waals surface area contributed by atoms with Crippen LogP contribution in [0, 0.1) is 0 Å². The molecular weight excluding hydrogens is 388 g/mol. The van der Waals surface area contributed by atoms with Crippen molar-refractivity contribution in [1.29, 1.82) is 0 Å². The quantitative estimate of drug-likeness (QED) is 0.723. The van der Waals surface area contributed by atoms with Crippen LogP contribution in [0.3, 0.4) is 0 Å². The summed E-state index contributed by atoms with van der Waals surface area (Å²) < 4.78 is 37.9. The Balaban J connectivity index is 2.29. The summed E-state index contributed by atoms with van der Waals surface area (Å²) in [6.07, 6.45) is 1.37. The van der Waals surface area contributed by atoms with E-state index in [0.29, 0.717) is 4.47 Å². The zero-order valence-corrected chi connectivity index (χ0v) is 14.8. The number of benzene rings is 1. The number of H-pyrrole nitrogens is 1. The van der Waals surface area contributed by atoms with E-state index in [1.807, 2.05) is 0 Å². The van der Waals surface area contributed by atoms with Crippen LogP contribution in [0.1, 0.15) is 17.4 Å². The number of hydrogen-bond acceptors (Lipinski definition) is 5. The summed E-state index contributed by atoms with van der Waals surface area (Å²) in [5, 5.41) is 0. The molecule has 2 aromatic rings. The molecule has 0 fully saturated rings. The van der Waals surface area contributed by atoms with Gasteiger partial charge >= 0.3 is 5.97 Å². The predicted octanol–water partition coefficient (Wildman–Crippen LogP) is 2.76. The number of aromatic amines is 1. The number of aromatic nitrogens is 1. The lowest BCUT2D eigenvalue weighted by atomic mass is 10.3. The first-order chi connectivity index (χ1) is 10.9. The SMILES string of the molecule is CCOC(=O)c1cc(NS(=O)(=O)c2cc(Br)ccc2OC)c[nH]1. The number of hydrogen-bond donors (Lipinski definition) is 2. The van der Waals surface area contributed by atoms with Crippen molar-refractivity contribution in [2.75, 3.05) is 18.4 Å². The second-order valence-corrected chi connectivity index (χ2v) is 6.99. The minimum absolute atomic E-state index is 0.0201. The molecule has 0 bridgehead atoms. The lowest BCUT2D eigenvalue weighted by Crippen LogP contribution is -2.13. The Morgan fingerprint density at radius 2 is 2.09 bits per heavy atom. The summed E-state index contributed by atoms with van der Waals surface area (Å²) in [4.78, 5) is 14.2. The number of ether oxygens (including phenoxy) is 2. The van der Waals surface area contributed by atoms with E-state index in [4.69, 9.17) is 9.47 Å². The van der Waals surface area contributed by atoms with Gasteiger partial charge in [-0.3, -0.25) is 4.72 Å². The molecule has 23 heavy (non-hydrogen) atoms. The minimum atomic E-state index is -3.88. The standard InChI is InChI=1S/C14H15BrN2O5S/c1-3-22-14(18)11-7-10(8-16-11)17-23(19,20)13-6-9(15)4-5-12(13)21-2/h4-8,16-17H,3H2,1-2H3. The molecular formula is C14H15BrN2O5S. The monoisotopic (exact) mass is 402 g/mol. The van der Waals surface area contributed by atoms with Crippen molar-refractivity contribution in [3.8, 4) is 5.75 Å². The topological polar surface area (TPSA) is 97.5 Å². The number of anilines is 1. The highest BCUT2D eigenvalue weighted by atomic mass is 79.9. The number of methoxy groups -OCH3 is 1. The van der Waals surface area contributed by atoms with E-state index >= 15 is 0 Å². The van der Waals surface area contributed by atoms with Gasteiger partial charge in [-0.15, -0.1) is 0 Å². The molecule has 0 aliphatic carbocycles. The molecule has 2 rings (SSSR count). The number of nitrogens with one attached hydrogen (secondary N) is 2. The number of esters is 1. The largest absolute Gasteiger partial charge is 0.495 e. The van der Waals surface area contributed by atoms with Crippen molar-refractivity contribution in [3.63, 3.8) is 0 Å². The molecule has 0 unspecified atom stereocenters. The number of sulfonamides is 1. The Morgan fingerprint density at radius 1 is 1.35 bits per heavy atom. The van der Waals surface area contributed by atoms with Gasteiger partial charge < -0.3 is 14.5 Å². The molecule has 2 N–H and O–H groups in total. The molecule has 0 saturated carbocycles. The number of rotatable bonds is 6. The second-order valence-electron chi connectivity index (χ2n) is 4.42. The van der Waals surface area contributed by atoms with Gasteiger partial charge in [-0.1, -0.05) is 15.9 Å². The molecule has 0 radical (unpaired) electrons. The maximum atomic E-state index is 12.5. The van der Waals surface area contributed by atoms with E-state index in [-0.39, 0.29) is 28.6 Å². The van der Waals surface area contributed by atoms with Crippen LogP contribution in [0.5, 0.6) is 5.75 Å². The van der Waals surface area contributed by atoms with Gasteiger partial charge in [0.15, 0.2) is 0 Å². The molecule has 1 aromatic carbocycles. The van der Waals surface area contributed by atoms with E-state index in [1.54, 1.807) is 19.1 Å². The van der Waals surface area contributed by atoms with Crippen LogP contribution >= 0.6 is 15.9 Å². The molecule has 7 nitrogen and oxygen atoms in total. The summed E-state index contributed by atoms with van der Waals surface area (Å²) in [5.74, 6) is -0.347. The lowest BCUT2D eigenvalue weighted by Gasteiger charge is -2.10. The van der Waals surface area contributed by atoms with Crippen molar-refractivity contribution in [2.24, 2.45) is 0 Å². The van der Waals surface area contributed by atoms with Crippen LogP contribution < -0.4 is 9.46 Å². The van der Waals surface area contributed by atoms with Crippen molar-refractivity contribution in [2.45, 2.75) is 11.8 Å². The van der Waals surface area contributed by atoms with E-state index in [9.17, 15) is 13.2 Å². The molecule has 9 heteroatoms. The molecule has 1 aromatic heterocycles. The Hall–Kier alpha value is -2.00. The van der Waals surface area contributed by atoms with Gasteiger partial charge in [-0.2, -0.15) is 0 Å². The molecule has 0 aliphatic rings. The van der Waals surface area contributed by atoms with Crippen molar-refractivity contribution in [3.05, 3.63) is 40.6 Å². The van der Waals surface area contributed by atoms with Gasteiger partial charge in [0.25, 0.3) is 10.0 Å². The van der Waals surface area contributed by atoms with Gasteiger partial charge in [0.1, 0.15) is 16.3 Å². The summed E-state index contributed by atoms with van der Waals surface area (Å²) >= 11 is 3.23. The summed E-state index contributed by atoms with van der Waals surface area (Å²) in [7, 11) is -2.49. The summed E-state index contributed by atoms with van der Waals surface area (Å²) in [6.45, 7) is 1.91. The van der Waals surface area contributed by atoms with Gasteiger partial charge in [0.2, 0.25) is 0 Å². The van der Waals surface area contributed by atoms with Crippen molar-refractivity contribution < 1.29 is 22.7 Å². The zero-order valence-electron chi connectivity index (χ0n) is 12.4. The molecule has 0 aliphatic heterocycles. The first kappa shape index (κ1) is 17.4. The Morgan fingerprint density at radius 3 is 2.74 bits per heavy atom. The normalized spacial score (nSPS) is 11.1. The van der Waals surface area contributed by atoms with Crippen LogP contribution in [0.2, 0.25) is 0 Å². The third kappa shape index (κ3) is 4.05. The highest BCUT2D eigenvalue weighted by molar-refractivity contribution is 9.10. The predicted molar refractivity (Wildman–Crippen MR) is 88.3 cm³/mol. The first-order valence-electron chi connectivity index (χ1n) is 6.59. The third-order valence-corrected chi connectivity index (χ3v) is 4.74. The number of carbonyl (C=O) groups is 1. The Bertz CT molecular complexity index is 816. The van der Waals surface area contributed by atoms with E-state index in [0.717, 1.165) is 0 Å². The van der Waals surface area contributed by atoms with Crippen LogP contribution in [0.4, 0.5) is 5.69 Å². The number of carbonyl (C=O) groups excluding carboxylic acids is 1. The third-order valence-electron chi connectivity index (χ3n) is 2.85. The number of halogens is 1. The maximum Gasteiger partial charge on any atom is 0.354 e. The minimum Gasteiger partial charge on any atom is -0.495 e. The first-order valence-corrected chi connectivity index (χ1v) is 8.87. The van der Waals surface area contributed by atoms with Crippen LogP contribution in [0.25, 0.3) is 0 Å². The highest BCUT2D eigenvalue weighted by Crippen LogP contribution is 2.29. The zero-order chi connectivity index (χ0) is 17.0. The molecule has 0 amide bonds. The van der Waals surface area contributed by atoms with E-state index in [1.165, 1.54) is 25.4 Å². The van der Waals surface area contributed by atoms with Crippen LogP contribution in [-0.2, 0) is 14.8 Å². The second kappa shape index (κ2) is 7.05. The molecule has 0 spiro atoms. The Labute approximate surface area is 142 Å². The summed E-state index contributed by atoms with van der Waals surface area (Å²) in [5.41, 5.74) is 0.376. The smallest absolute Gasteiger partial charge is 0.354 e. The summed E-state index contributed by atoms with van der Waals surface area (Å²) in [6, 6.07) is 6.01. The lowest BCUT2D eigenvalue weighted by molar-refractivity contribution is 0.0520. The fourth-order valence-corrected chi connectivity index (χ4v) is 3.60. The molecule has 1 heterocycles. The van der Waals surface area contributed by atoms with Crippen LogP contribution in [-0.4, -0.2) is 33.1 Å². The average molecular weight is 403 g/mol. The molecule has 124 valence electrons. The molecule has 0 saturated heterocycles. The van der Waals surface area contributed by atoms with E-state index in [2.05, 4.69) is 25.6 Å².